The largest absolute Gasteiger partial charge is 0.354 e. The number of anilines is 2. The highest BCUT2D eigenvalue weighted by atomic mass is 32.1. The Bertz CT molecular complexity index is 361. The first-order valence-electron chi connectivity index (χ1n) is 5.30. The summed E-state index contributed by atoms with van der Waals surface area (Å²) in [6.07, 6.45) is 0. The minimum Gasteiger partial charge on any atom is -0.354 e. The summed E-state index contributed by atoms with van der Waals surface area (Å²) in [5.74, 6) is 1.84. The van der Waals surface area contributed by atoms with Gasteiger partial charge in [0.25, 0.3) is 0 Å². The molecule has 6 heteroatoms. The lowest BCUT2D eigenvalue weighted by Crippen LogP contribution is -2.35. The summed E-state index contributed by atoms with van der Waals surface area (Å²) in [6, 6.07) is 0. The van der Waals surface area contributed by atoms with Crippen LogP contribution < -0.4 is 9.62 Å². The van der Waals surface area contributed by atoms with E-state index in [0.29, 0.717) is 17.7 Å². The van der Waals surface area contributed by atoms with Gasteiger partial charge in [-0.2, -0.15) is 15.0 Å². The lowest BCUT2D eigenvalue weighted by atomic mass is 10.1. The van der Waals surface area contributed by atoms with Gasteiger partial charge in [0.05, 0.1) is 0 Å². The number of nitrogens with zero attached hydrogens (tertiary/aromatic N) is 4. The molecule has 0 saturated heterocycles. The second kappa shape index (κ2) is 4.86. The van der Waals surface area contributed by atoms with Crippen LogP contribution in [0.4, 0.5) is 11.9 Å². The third-order valence-electron chi connectivity index (χ3n) is 1.90. The van der Waals surface area contributed by atoms with E-state index < -0.39 is 0 Å². The van der Waals surface area contributed by atoms with Crippen molar-refractivity contribution in [2.75, 3.05) is 16.2 Å². The zero-order valence-corrected chi connectivity index (χ0v) is 11.3. The summed E-state index contributed by atoms with van der Waals surface area (Å²) in [4.78, 5) is 12.8. The molecule has 1 aromatic rings. The number of aryl methyl sites for hydroxylation is 1. The van der Waals surface area contributed by atoms with Crippen LogP contribution in [0.15, 0.2) is 0 Å². The molecular formula is C10H19N5S. The van der Waals surface area contributed by atoms with Crippen molar-refractivity contribution in [3.63, 3.8) is 0 Å². The molecule has 16 heavy (non-hydrogen) atoms. The molecule has 1 heterocycles. The maximum Gasteiger partial charge on any atom is 0.240 e. The fraction of sp³-hybridized carbons (Fsp3) is 0.700. The van der Waals surface area contributed by atoms with E-state index in [1.807, 2.05) is 34.6 Å². The molecule has 1 N–H and O–H groups in total. The molecule has 0 aliphatic heterocycles. The van der Waals surface area contributed by atoms with Crippen LogP contribution in [-0.2, 0) is 0 Å². The lowest BCUT2D eigenvalue weighted by Gasteiger charge is -2.30. The predicted octanol–water partition coefficient (Wildman–Crippen LogP) is 2.06. The van der Waals surface area contributed by atoms with E-state index in [-0.39, 0.29) is 5.54 Å². The van der Waals surface area contributed by atoms with Crippen molar-refractivity contribution >= 4 is 24.7 Å². The van der Waals surface area contributed by atoms with Gasteiger partial charge in [-0.15, -0.1) is 0 Å². The first kappa shape index (κ1) is 13.0. The van der Waals surface area contributed by atoms with E-state index in [2.05, 4.69) is 33.1 Å². The summed E-state index contributed by atoms with van der Waals surface area (Å²) in [6.45, 7) is 10.8. The van der Waals surface area contributed by atoms with Crippen LogP contribution in [0.25, 0.3) is 0 Å². The van der Waals surface area contributed by atoms with Crippen molar-refractivity contribution in [1.82, 2.24) is 15.0 Å². The van der Waals surface area contributed by atoms with Crippen LogP contribution in [0.3, 0.4) is 0 Å². The maximum absolute atomic E-state index is 4.42. The van der Waals surface area contributed by atoms with Crippen molar-refractivity contribution < 1.29 is 0 Å². The number of nitrogens with one attached hydrogen (secondary N) is 1. The first-order chi connectivity index (χ1) is 7.34. The van der Waals surface area contributed by atoms with E-state index >= 15 is 0 Å². The molecule has 0 unspecified atom stereocenters. The summed E-state index contributed by atoms with van der Waals surface area (Å²) < 4.78 is 1.74. The topological polar surface area (TPSA) is 53.9 Å². The van der Waals surface area contributed by atoms with Gasteiger partial charge in [-0.25, -0.2) is 0 Å². The Hall–Kier alpha value is -1.04. The molecule has 90 valence electrons. The zero-order chi connectivity index (χ0) is 12.3. The third kappa shape index (κ3) is 3.23. The Balaban J connectivity index is 3.04. The highest BCUT2D eigenvalue weighted by Gasteiger charge is 2.21. The van der Waals surface area contributed by atoms with E-state index in [0.717, 1.165) is 6.54 Å². The number of hydrogen-bond acceptors (Lipinski definition) is 6. The molecule has 1 aromatic heterocycles. The molecule has 0 aromatic carbocycles. The molecule has 0 aliphatic rings. The fourth-order valence-corrected chi connectivity index (χ4v) is 1.19. The van der Waals surface area contributed by atoms with Crippen LogP contribution in [0.5, 0.6) is 0 Å². The van der Waals surface area contributed by atoms with Gasteiger partial charge in [0.1, 0.15) is 5.82 Å². The average molecular weight is 241 g/mol. The van der Waals surface area contributed by atoms with E-state index in [1.54, 1.807) is 4.31 Å². The van der Waals surface area contributed by atoms with Gasteiger partial charge in [0.15, 0.2) is 0 Å². The molecule has 0 bridgehead atoms. The van der Waals surface area contributed by atoms with Gasteiger partial charge in [0, 0.05) is 12.1 Å². The minimum absolute atomic E-state index is 0.139. The lowest BCUT2D eigenvalue weighted by molar-refractivity contribution is 0.580. The SMILES string of the molecule is CCNc1nc(C)nc(N(S)C(C)(C)C)n1. The quantitative estimate of drug-likeness (QED) is 0.793. The van der Waals surface area contributed by atoms with Crippen molar-refractivity contribution in [1.29, 1.82) is 0 Å². The van der Waals surface area contributed by atoms with Crippen molar-refractivity contribution in [2.24, 2.45) is 0 Å². The molecule has 0 spiro atoms. The normalized spacial score (nSPS) is 11.4. The monoisotopic (exact) mass is 241 g/mol. The standard InChI is InChI=1S/C10H19N5S/c1-6-11-8-12-7(2)13-9(14-8)15(16)10(3,4)5/h16H,6H2,1-5H3,(H,11,12,13,14). The number of hydrogen-bond donors (Lipinski definition) is 2. The predicted molar refractivity (Wildman–Crippen MR) is 69.9 cm³/mol. The van der Waals surface area contributed by atoms with E-state index in [9.17, 15) is 0 Å². The van der Waals surface area contributed by atoms with Crippen LogP contribution >= 0.6 is 12.8 Å². The summed E-state index contributed by atoms with van der Waals surface area (Å²) in [5.41, 5.74) is -0.139. The zero-order valence-electron chi connectivity index (χ0n) is 10.4. The number of rotatable bonds is 3. The highest BCUT2D eigenvalue weighted by molar-refractivity contribution is 7.81. The Morgan fingerprint density at radius 3 is 2.38 bits per heavy atom. The molecule has 0 amide bonds. The molecule has 0 radical (unpaired) electrons. The van der Waals surface area contributed by atoms with Gasteiger partial charge < -0.3 is 5.32 Å². The molecule has 5 nitrogen and oxygen atoms in total. The van der Waals surface area contributed by atoms with Gasteiger partial charge in [-0.3, -0.25) is 4.31 Å². The Morgan fingerprint density at radius 1 is 1.25 bits per heavy atom. The van der Waals surface area contributed by atoms with Crippen molar-refractivity contribution in [2.45, 2.75) is 40.2 Å². The molecule has 0 fully saturated rings. The van der Waals surface area contributed by atoms with Crippen LogP contribution in [-0.4, -0.2) is 27.0 Å². The third-order valence-corrected chi connectivity index (χ3v) is 2.67. The molecule has 1 rings (SSSR count). The van der Waals surface area contributed by atoms with Gasteiger partial charge >= 0.3 is 0 Å². The van der Waals surface area contributed by atoms with Crippen LogP contribution in [0.2, 0.25) is 0 Å². The van der Waals surface area contributed by atoms with Crippen LogP contribution in [0, 0.1) is 6.92 Å². The van der Waals surface area contributed by atoms with Crippen molar-refractivity contribution in [3.05, 3.63) is 5.82 Å². The summed E-state index contributed by atoms with van der Waals surface area (Å²) >= 11 is 4.42. The molecule has 0 atom stereocenters. The summed E-state index contributed by atoms with van der Waals surface area (Å²) in [7, 11) is 0. The highest BCUT2D eigenvalue weighted by Crippen LogP contribution is 2.22. The molecule has 0 aliphatic carbocycles. The van der Waals surface area contributed by atoms with E-state index in [4.69, 9.17) is 0 Å². The Kier molecular flexibility index (Phi) is 3.96. The summed E-state index contributed by atoms with van der Waals surface area (Å²) in [5, 5.41) is 3.07. The van der Waals surface area contributed by atoms with Crippen LogP contribution in [0.1, 0.15) is 33.5 Å². The molecular weight excluding hydrogens is 222 g/mol. The Labute approximate surface area is 102 Å². The second-order valence-electron chi connectivity index (χ2n) is 4.52. The Morgan fingerprint density at radius 2 is 1.88 bits per heavy atom. The fourth-order valence-electron chi connectivity index (χ4n) is 1.10. The number of thiol groups is 1. The smallest absolute Gasteiger partial charge is 0.240 e. The first-order valence-corrected chi connectivity index (χ1v) is 5.70. The van der Waals surface area contributed by atoms with Gasteiger partial charge in [0.2, 0.25) is 11.9 Å². The average Bonchev–Trinajstić information content (AvgIpc) is 2.14. The minimum atomic E-state index is -0.139. The number of aromatic nitrogens is 3. The van der Waals surface area contributed by atoms with Gasteiger partial charge in [-0.1, -0.05) is 12.8 Å². The van der Waals surface area contributed by atoms with Crippen molar-refractivity contribution in [3.8, 4) is 0 Å². The van der Waals surface area contributed by atoms with Gasteiger partial charge in [-0.05, 0) is 34.6 Å². The second-order valence-corrected chi connectivity index (χ2v) is 4.92. The maximum atomic E-state index is 4.42. The van der Waals surface area contributed by atoms with E-state index in [1.165, 1.54) is 0 Å². The molecule has 0 saturated carbocycles.